The molecular weight excluding hydrogens is 389 g/mol. The van der Waals surface area contributed by atoms with Gasteiger partial charge in [0.25, 0.3) is 0 Å². The summed E-state index contributed by atoms with van der Waals surface area (Å²) in [7, 11) is 3.36. The maximum absolute atomic E-state index is 12.7. The van der Waals surface area contributed by atoms with Gasteiger partial charge in [-0.25, -0.2) is 4.79 Å². The Labute approximate surface area is 170 Å². The molecule has 3 rings (SSSR count). The summed E-state index contributed by atoms with van der Waals surface area (Å²) < 4.78 is 17.0. The Balaban J connectivity index is 1.95. The molecule has 0 aromatic heterocycles. The summed E-state index contributed by atoms with van der Waals surface area (Å²) in [4.78, 5) is 14.4. The van der Waals surface area contributed by atoms with Gasteiger partial charge in [0.15, 0.2) is 0 Å². The van der Waals surface area contributed by atoms with Gasteiger partial charge in [0, 0.05) is 31.6 Å². The van der Waals surface area contributed by atoms with Gasteiger partial charge in [-0.15, -0.1) is 0 Å². The fourth-order valence-electron chi connectivity index (χ4n) is 4.54. The van der Waals surface area contributed by atoms with Crippen LogP contribution in [0.5, 0.6) is 0 Å². The number of ether oxygens (including phenoxy) is 3. The molecule has 1 aliphatic heterocycles. The Hall–Kier alpha value is -1.01. The molecule has 3 atom stereocenters. The second-order valence-electron chi connectivity index (χ2n) is 8.58. The number of hydrogen-bond acceptors (Lipinski definition) is 4. The highest BCUT2D eigenvalue weighted by Gasteiger charge is 2.74. The van der Waals surface area contributed by atoms with Crippen molar-refractivity contribution in [2.24, 2.45) is 5.41 Å². The summed E-state index contributed by atoms with van der Waals surface area (Å²) in [6.45, 7) is 7.12. The summed E-state index contributed by atoms with van der Waals surface area (Å²) in [5.41, 5.74) is 0.0272. The van der Waals surface area contributed by atoms with Crippen molar-refractivity contribution >= 4 is 29.3 Å². The second kappa shape index (κ2) is 7.11. The highest BCUT2D eigenvalue weighted by atomic mass is 35.5. The predicted molar refractivity (Wildman–Crippen MR) is 106 cm³/mol. The van der Waals surface area contributed by atoms with Crippen LogP contribution < -0.4 is 0 Å². The number of hydrogen-bond donors (Lipinski definition) is 0. The van der Waals surface area contributed by atoms with E-state index >= 15 is 0 Å². The second-order valence-corrected chi connectivity index (χ2v) is 9.39. The van der Waals surface area contributed by atoms with E-state index in [2.05, 4.69) is 0 Å². The van der Waals surface area contributed by atoms with Gasteiger partial charge < -0.3 is 19.1 Å². The lowest BCUT2D eigenvalue weighted by Crippen LogP contribution is -2.55. The first kappa shape index (κ1) is 20.7. The molecule has 0 spiro atoms. The molecule has 7 heteroatoms. The van der Waals surface area contributed by atoms with Gasteiger partial charge in [0.05, 0.1) is 29.3 Å². The number of piperidine rings is 1. The minimum Gasteiger partial charge on any atom is -0.444 e. The molecule has 27 heavy (non-hydrogen) atoms. The van der Waals surface area contributed by atoms with E-state index in [1.165, 1.54) is 0 Å². The van der Waals surface area contributed by atoms with E-state index in [1.54, 1.807) is 19.1 Å². The standard InChI is InChI=1S/C20H27Cl2NO4/c1-18(2,3)27-17(24)23-9-16(26-5)20(10-19(20,11-23)12-25-4)13-6-7-14(21)15(22)8-13/h6-8,16H,9-12H2,1-5H3. The number of benzene rings is 1. The molecule has 1 aromatic rings. The Bertz CT molecular complexity index is 735. The molecule has 1 aliphatic carbocycles. The number of carbonyl (C=O) groups excluding carboxylic acids is 1. The van der Waals surface area contributed by atoms with Gasteiger partial charge in [0.2, 0.25) is 0 Å². The maximum atomic E-state index is 12.7. The quantitative estimate of drug-likeness (QED) is 0.724. The first-order valence-electron chi connectivity index (χ1n) is 9.04. The van der Waals surface area contributed by atoms with Crippen LogP contribution in [0.4, 0.5) is 4.79 Å². The number of rotatable bonds is 4. The highest BCUT2D eigenvalue weighted by Crippen LogP contribution is 2.69. The van der Waals surface area contributed by atoms with E-state index in [0.29, 0.717) is 29.7 Å². The summed E-state index contributed by atoms with van der Waals surface area (Å²) in [6.07, 6.45) is 0.338. The van der Waals surface area contributed by atoms with Crippen LogP contribution in [-0.2, 0) is 19.6 Å². The minimum absolute atomic E-state index is 0.189. The van der Waals surface area contributed by atoms with Crippen LogP contribution in [0.2, 0.25) is 10.0 Å². The van der Waals surface area contributed by atoms with Crippen LogP contribution >= 0.6 is 23.2 Å². The Kier molecular flexibility index (Phi) is 5.45. The Morgan fingerprint density at radius 3 is 2.52 bits per heavy atom. The molecule has 1 aromatic carbocycles. The Morgan fingerprint density at radius 1 is 1.26 bits per heavy atom. The maximum Gasteiger partial charge on any atom is 0.410 e. The summed E-state index contributed by atoms with van der Waals surface area (Å²) >= 11 is 12.4. The third kappa shape index (κ3) is 3.55. The van der Waals surface area contributed by atoms with Gasteiger partial charge >= 0.3 is 6.09 Å². The number of amides is 1. The van der Waals surface area contributed by atoms with Gasteiger partial charge in [-0.1, -0.05) is 29.3 Å². The van der Waals surface area contributed by atoms with E-state index in [1.807, 2.05) is 39.0 Å². The SMILES string of the molecule is COCC12CN(C(=O)OC(C)(C)C)CC(OC)C1(c1ccc(Cl)c(Cl)c1)C2. The highest BCUT2D eigenvalue weighted by molar-refractivity contribution is 6.42. The molecule has 0 N–H and O–H groups in total. The Morgan fingerprint density at radius 2 is 1.96 bits per heavy atom. The van der Waals surface area contributed by atoms with Crippen LogP contribution in [0, 0.1) is 5.41 Å². The summed E-state index contributed by atoms with van der Waals surface area (Å²) in [5.74, 6) is 0. The average molecular weight is 416 g/mol. The van der Waals surface area contributed by atoms with Crippen LogP contribution in [0.3, 0.4) is 0 Å². The van der Waals surface area contributed by atoms with Gasteiger partial charge in [-0.3, -0.25) is 0 Å². The van der Waals surface area contributed by atoms with Crippen molar-refractivity contribution in [3.8, 4) is 0 Å². The van der Waals surface area contributed by atoms with Crippen molar-refractivity contribution in [2.75, 3.05) is 33.9 Å². The molecule has 1 amide bonds. The lowest BCUT2D eigenvalue weighted by molar-refractivity contribution is -0.0429. The molecule has 2 fully saturated rings. The molecule has 1 saturated carbocycles. The monoisotopic (exact) mass is 415 g/mol. The smallest absolute Gasteiger partial charge is 0.410 e. The number of fused-ring (bicyclic) bond motifs is 1. The number of halogens is 2. The van der Waals surface area contributed by atoms with Crippen molar-refractivity contribution < 1.29 is 19.0 Å². The first-order chi connectivity index (χ1) is 12.6. The lowest BCUT2D eigenvalue weighted by atomic mass is 9.78. The van der Waals surface area contributed by atoms with E-state index in [9.17, 15) is 4.79 Å². The van der Waals surface area contributed by atoms with Gasteiger partial charge in [-0.05, 0) is 44.9 Å². The van der Waals surface area contributed by atoms with E-state index in [4.69, 9.17) is 37.4 Å². The van der Waals surface area contributed by atoms with E-state index in [-0.39, 0.29) is 23.0 Å². The number of methoxy groups -OCH3 is 2. The fraction of sp³-hybridized carbons (Fsp3) is 0.650. The predicted octanol–water partition coefficient (Wildman–Crippen LogP) is 4.53. The zero-order chi connectivity index (χ0) is 20.0. The topological polar surface area (TPSA) is 48.0 Å². The molecule has 5 nitrogen and oxygen atoms in total. The molecular formula is C20H27Cl2NO4. The molecule has 1 heterocycles. The van der Waals surface area contributed by atoms with Crippen LogP contribution in [0.1, 0.15) is 32.8 Å². The largest absolute Gasteiger partial charge is 0.444 e. The molecule has 150 valence electrons. The fourth-order valence-corrected chi connectivity index (χ4v) is 4.84. The van der Waals surface area contributed by atoms with Crippen molar-refractivity contribution in [2.45, 2.75) is 44.3 Å². The van der Waals surface area contributed by atoms with Crippen molar-refractivity contribution in [1.29, 1.82) is 0 Å². The van der Waals surface area contributed by atoms with Crippen molar-refractivity contribution in [3.05, 3.63) is 33.8 Å². The zero-order valence-electron chi connectivity index (χ0n) is 16.5. The third-order valence-electron chi connectivity index (χ3n) is 5.66. The molecule has 1 saturated heterocycles. The van der Waals surface area contributed by atoms with E-state index < -0.39 is 5.60 Å². The number of nitrogens with zero attached hydrogens (tertiary/aromatic N) is 1. The van der Waals surface area contributed by atoms with Crippen molar-refractivity contribution in [1.82, 2.24) is 4.90 Å². The molecule has 0 bridgehead atoms. The van der Waals surface area contributed by atoms with Crippen LogP contribution in [0.25, 0.3) is 0 Å². The number of likely N-dealkylation sites (tertiary alicyclic amines) is 1. The number of carbonyl (C=O) groups is 1. The lowest BCUT2D eigenvalue weighted by Gasteiger charge is -2.43. The summed E-state index contributed by atoms with van der Waals surface area (Å²) in [5, 5.41) is 1.04. The average Bonchev–Trinajstić information content (AvgIpc) is 3.24. The molecule has 0 radical (unpaired) electrons. The molecule has 2 aliphatic rings. The third-order valence-corrected chi connectivity index (χ3v) is 6.40. The van der Waals surface area contributed by atoms with Crippen LogP contribution in [-0.4, -0.2) is 56.6 Å². The molecule has 3 unspecified atom stereocenters. The normalized spacial score (nSPS) is 30.0. The van der Waals surface area contributed by atoms with Crippen LogP contribution in [0.15, 0.2) is 18.2 Å². The van der Waals surface area contributed by atoms with Crippen molar-refractivity contribution in [3.63, 3.8) is 0 Å². The summed E-state index contributed by atoms with van der Waals surface area (Å²) in [6, 6.07) is 5.73. The van der Waals surface area contributed by atoms with Gasteiger partial charge in [-0.2, -0.15) is 0 Å². The zero-order valence-corrected chi connectivity index (χ0v) is 18.0. The van der Waals surface area contributed by atoms with Gasteiger partial charge in [0.1, 0.15) is 5.60 Å². The minimum atomic E-state index is -0.546. The van der Waals surface area contributed by atoms with E-state index in [0.717, 1.165) is 12.0 Å². The first-order valence-corrected chi connectivity index (χ1v) is 9.79.